The van der Waals surface area contributed by atoms with E-state index in [1.54, 1.807) is 6.92 Å². The third-order valence-electron chi connectivity index (χ3n) is 3.19. The van der Waals surface area contributed by atoms with Crippen molar-refractivity contribution >= 4 is 5.78 Å². The highest BCUT2D eigenvalue weighted by molar-refractivity contribution is 5.77. The minimum Gasteiger partial charge on any atom is -0.299 e. The zero-order valence-corrected chi connectivity index (χ0v) is 9.05. The zero-order valence-electron chi connectivity index (χ0n) is 9.05. The van der Waals surface area contributed by atoms with Crippen molar-refractivity contribution in [3.05, 3.63) is 0 Å². The van der Waals surface area contributed by atoms with Gasteiger partial charge in [0.2, 0.25) is 0 Å². The van der Waals surface area contributed by atoms with E-state index in [2.05, 4.69) is 18.9 Å². The van der Waals surface area contributed by atoms with Gasteiger partial charge in [0.15, 0.2) is 0 Å². The van der Waals surface area contributed by atoms with Crippen molar-refractivity contribution in [3.63, 3.8) is 0 Å². The van der Waals surface area contributed by atoms with Crippen molar-refractivity contribution in [2.45, 2.75) is 45.6 Å². The summed E-state index contributed by atoms with van der Waals surface area (Å²) in [6, 6.07) is 0.661. The molecule has 1 aliphatic rings. The van der Waals surface area contributed by atoms with Crippen LogP contribution in [-0.4, -0.2) is 30.3 Å². The van der Waals surface area contributed by atoms with Gasteiger partial charge in [-0.3, -0.25) is 9.69 Å². The van der Waals surface area contributed by atoms with Crippen LogP contribution in [0.25, 0.3) is 0 Å². The topological polar surface area (TPSA) is 20.3 Å². The predicted octanol–water partition coefficient (Wildman–Crippen LogP) is 2.09. The van der Waals surface area contributed by atoms with E-state index in [1.165, 1.54) is 25.7 Å². The molecule has 0 aliphatic heterocycles. The summed E-state index contributed by atoms with van der Waals surface area (Å²) in [6.45, 7) is 4.56. The molecule has 0 saturated heterocycles. The van der Waals surface area contributed by atoms with E-state index in [0.717, 1.165) is 5.92 Å². The Morgan fingerprint density at radius 2 is 2.15 bits per heavy atom. The van der Waals surface area contributed by atoms with E-state index in [1.807, 2.05) is 0 Å². The summed E-state index contributed by atoms with van der Waals surface area (Å²) in [5.74, 6) is 1.18. The number of hydrogen-bond donors (Lipinski definition) is 0. The molecular formula is C11H21NO. The average Bonchev–Trinajstić information content (AvgIpc) is 2.50. The van der Waals surface area contributed by atoms with Crippen molar-refractivity contribution in [1.29, 1.82) is 0 Å². The van der Waals surface area contributed by atoms with Crippen molar-refractivity contribution in [3.8, 4) is 0 Å². The van der Waals surface area contributed by atoms with Gasteiger partial charge in [-0.2, -0.15) is 0 Å². The molecule has 2 nitrogen and oxygen atoms in total. The molecule has 13 heavy (non-hydrogen) atoms. The fraction of sp³-hybridized carbons (Fsp3) is 0.909. The summed E-state index contributed by atoms with van der Waals surface area (Å²) < 4.78 is 0. The van der Waals surface area contributed by atoms with Crippen LogP contribution in [0.3, 0.4) is 0 Å². The minimum absolute atomic E-state index is 0.280. The molecule has 0 aromatic carbocycles. The van der Waals surface area contributed by atoms with Crippen LogP contribution in [0.2, 0.25) is 0 Å². The first kappa shape index (κ1) is 10.7. The monoisotopic (exact) mass is 183 g/mol. The number of likely N-dealkylation sites (N-methyl/N-ethyl adjacent to an activating group) is 1. The molecule has 0 amide bonds. The number of carbonyl (C=O) groups is 1. The number of nitrogens with zero attached hydrogens (tertiary/aromatic N) is 1. The number of Topliss-reactive ketones (excluding diaryl/α,β-unsaturated/α-hetero) is 1. The summed E-state index contributed by atoms with van der Waals surface area (Å²) in [4.78, 5) is 13.1. The Balaban J connectivity index is 2.32. The average molecular weight is 183 g/mol. The van der Waals surface area contributed by atoms with Gasteiger partial charge in [-0.15, -0.1) is 0 Å². The van der Waals surface area contributed by atoms with E-state index < -0.39 is 0 Å². The second-order valence-corrected chi connectivity index (χ2v) is 4.36. The number of hydrogen-bond acceptors (Lipinski definition) is 2. The SMILES string of the molecule is CCC1CCC(N(C)CC(C)=O)C1. The lowest BCUT2D eigenvalue weighted by atomic mass is 10.1. The minimum atomic E-state index is 0.280. The molecule has 2 atom stereocenters. The Bertz CT molecular complexity index is 179. The largest absolute Gasteiger partial charge is 0.299 e. The van der Waals surface area contributed by atoms with Crippen LogP contribution >= 0.6 is 0 Å². The molecule has 1 fully saturated rings. The Morgan fingerprint density at radius 3 is 2.62 bits per heavy atom. The number of carbonyl (C=O) groups excluding carboxylic acids is 1. The highest BCUT2D eigenvalue weighted by atomic mass is 16.1. The van der Waals surface area contributed by atoms with Gasteiger partial charge in [0, 0.05) is 6.04 Å². The predicted molar refractivity (Wildman–Crippen MR) is 54.7 cm³/mol. The molecule has 0 N–H and O–H groups in total. The first-order valence-corrected chi connectivity index (χ1v) is 5.33. The molecular weight excluding hydrogens is 162 g/mol. The maximum Gasteiger partial charge on any atom is 0.143 e. The summed E-state index contributed by atoms with van der Waals surface area (Å²) in [6.07, 6.45) is 5.22. The van der Waals surface area contributed by atoms with Crippen molar-refractivity contribution in [2.24, 2.45) is 5.92 Å². The Hall–Kier alpha value is -0.370. The standard InChI is InChI=1S/C11H21NO/c1-4-10-5-6-11(7-10)12(3)8-9(2)13/h10-11H,4-8H2,1-3H3. The van der Waals surface area contributed by atoms with Gasteiger partial charge in [-0.25, -0.2) is 0 Å². The lowest BCUT2D eigenvalue weighted by Gasteiger charge is -2.22. The van der Waals surface area contributed by atoms with Gasteiger partial charge in [0.25, 0.3) is 0 Å². The van der Waals surface area contributed by atoms with Crippen LogP contribution in [0, 0.1) is 5.92 Å². The Kier molecular flexibility index (Phi) is 3.91. The number of ketones is 1. The molecule has 1 aliphatic carbocycles. The van der Waals surface area contributed by atoms with E-state index >= 15 is 0 Å². The lowest BCUT2D eigenvalue weighted by molar-refractivity contribution is -0.118. The molecule has 76 valence electrons. The maximum atomic E-state index is 10.9. The van der Waals surface area contributed by atoms with Crippen LogP contribution in [0.1, 0.15) is 39.5 Å². The van der Waals surface area contributed by atoms with Crippen LogP contribution in [-0.2, 0) is 4.79 Å². The van der Waals surface area contributed by atoms with E-state index in [9.17, 15) is 4.79 Å². The van der Waals surface area contributed by atoms with E-state index in [-0.39, 0.29) is 5.78 Å². The van der Waals surface area contributed by atoms with Crippen LogP contribution < -0.4 is 0 Å². The molecule has 0 bridgehead atoms. The molecule has 0 aromatic heterocycles. The summed E-state index contributed by atoms with van der Waals surface area (Å²) in [5.41, 5.74) is 0. The van der Waals surface area contributed by atoms with Crippen molar-refractivity contribution in [1.82, 2.24) is 4.90 Å². The van der Waals surface area contributed by atoms with Gasteiger partial charge in [-0.1, -0.05) is 13.3 Å². The summed E-state index contributed by atoms with van der Waals surface area (Å²) in [7, 11) is 2.07. The first-order valence-electron chi connectivity index (χ1n) is 5.33. The van der Waals surface area contributed by atoms with Crippen LogP contribution in [0.15, 0.2) is 0 Å². The van der Waals surface area contributed by atoms with Gasteiger partial charge >= 0.3 is 0 Å². The zero-order chi connectivity index (χ0) is 9.84. The van der Waals surface area contributed by atoms with Gasteiger partial charge < -0.3 is 0 Å². The highest BCUT2D eigenvalue weighted by Gasteiger charge is 2.26. The molecule has 0 aromatic rings. The molecule has 0 heterocycles. The van der Waals surface area contributed by atoms with Crippen LogP contribution in [0.5, 0.6) is 0 Å². The second kappa shape index (κ2) is 4.75. The Labute approximate surface area is 81.3 Å². The van der Waals surface area contributed by atoms with Gasteiger partial charge in [0.1, 0.15) is 5.78 Å². The van der Waals surface area contributed by atoms with Crippen LogP contribution in [0.4, 0.5) is 0 Å². The smallest absolute Gasteiger partial charge is 0.143 e. The third kappa shape index (κ3) is 3.11. The van der Waals surface area contributed by atoms with Gasteiger partial charge in [-0.05, 0) is 39.2 Å². The number of rotatable bonds is 4. The van der Waals surface area contributed by atoms with E-state index in [0.29, 0.717) is 12.6 Å². The second-order valence-electron chi connectivity index (χ2n) is 4.36. The highest BCUT2D eigenvalue weighted by Crippen LogP contribution is 2.30. The molecule has 2 unspecified atom stereocenters. The normalized spacial score (nSPS) is 28.3. The molecule has 1 saturated carbocycles. The molecule has 2 heteroatoms. The molecule has 0 radical (unpaired) electrons. The summed E-state index contributed by atoms with van der Waals surface area (Å²) >= 11 is 0. The van der Waals surface area contributed by atoms with Crippen molar-refractivity contribution in [2.75, 3.05) is 13.6 Å². The summed E-state index contributed by atoms with van der Waals surface area (Å²) in [5, 5.41) is 0. The lowest BCUT2D eigenvalue weighted by Crippen LogP contribution is -2.33. The quantitative estimate of drug-likeness (QED) is 0.665. The maximum absolute atomic E-state index is 10.9. The van der Waals surface area contributed by atoms with E-state index in [4.69, 9.17) is 0 Å². The fourth-order valence-corrected chi connectivity index (χ4v) is 2.30. The third-order valence-corrected chi connectivity index (χ3v) is 3.19. The van der Waals surface area contributed by atoms with Gasteiger partial charge in [0.05, 0.1) is 6.54 Å². The first-order chi connectivity index (χ1) is 6.13. The van der Waals surface area contributed by atoms with Crippen molar-refractivity contribution < 1.29 is 4.79 Å². The Morgan fingerprint density at radius 1 is 1.46 bits per heavy atom. The fourth-order valence-electron chi connectivity index (χ4n) is 2.30. The molecule has 1 rings (SSSR count). The molecule has 0 spiro atoms.